The summed E-state index contributed by atoms with van der Waals surface area (Å²) in [6.07, 6.45) is -3.90. The van der Waals surface area contributed by atoms with Gasteiger partial charge in [0.2, 0.25) is 0 Å². The van der Waals surface area contributed by atoms with Gasteiger partial charge in [0.05, 0.1) is 6.61 Å². The highest BCUT2D eigenvalue weighted by atomic mass is 19.3. The van der Waals surface area contributed by atoms with Gasteiger partial charge in [0, 0.05) is 6.54 Å². The van der Waals surface area contributed by atoms with Crippen LogP contribution in [0.3, 0.4) is 0 Å². The number of hydrogen-bond donors (Lipinski definition) is 2. The van der Waals surface area contributed by atoms with E-state index < -0.39 is 6.23 Å². The third-order valence-corrected chi connectivity index (χ3v) is 0.511. The molecule has 9 heavy (non-hydrogen) atoms. The minimum atomic E-state index is -3.90. The lowest BCUT2D eigenvalue weighted by atomic mass is 10.7. The normalized spacial score (nSPS) is 12.0. The predicted octanol–water partition coefficient (Wildman–Crippen LogP) is -0.0139. The van der Waals surface area contributed by atoms with Gasteiger partial charge in [-0.1, -0.05) is 5.54 Å². The summed E-state index contributed by atoms with van der Waals surface area (Å²) >= 11 is 0. The fraction of sp³-hybridized carbons (Fsp3) is 1.00. The fourth-order valence-corrected chi connectivity index (χ4v) is 0.214. The van der Waals surface area contributed by atoms with E-state index in [1.54, 1.807) is 0 Å². The average molecular weight is 144 g/mol. The summed E-state index contributed by atoms with van der Waals surface area (Å²) in [6, 6.07) is 0. The number of nitrogens with one attached hydrogen (secondary N) is 1. The molecule has 3 N–H and O–H groups in total. The van der Waals surface area contributed by atoms with E-state index in [0.29, 0.717) is 0 Å². The predicted molar refractivity (Wildman–Crippen MR) is 24.2 cm³/mol. The van der Waals surface area contributed by atoms with Gasteiger partial charge in [-0.2, -0.15) is 8.78 Å². The van der Waals surface area contributed by atoms with Crippen LogP contribution in [0.15, 0.2) is 0 Å². The van der Waals surface area contributed by atoms with E-state index >= 15 is 0 Å². The zero-order valence-electron chi connectivity index (χ0n) is 4.53. The maximum Gasteiger partial charge on any atom is 0.448 e. The van der Waals surface area contributed by atoms with Crippen LogP contribution in [0.4, 0.5) is 13.3 Å². The minimum absolute atomic E-state index is 0.0722. The molecule has 0 heterocycles. The summed E-state index contributed by atoms with van der Waals surface area (Å²) in [5.41, 5.74) is 4.95. The van der Waals surface area contributed by atoms with Crippen molar-refractivity contribution in [3.8, 4) is 0 Å². The lowest BCUT2D eigenvalue weighted by Crippen LogP contribution is -2.35. The second-order valence-corrected chi connectivity index (χ2v) is 1.25. The summed E-state index contributed by atoms with van der Waals surface area (Å²) < 4.78 is 37.7. The Kier molecular flexibility index (Phi) is 3.52. The van der Waals surface area contributed by atoms with Crippen LogP contribution in [-0.2, 0) is 4.74 Å². The average Bonchev–Trinajstić information content (AvgIpc) is 1.84. The molecule has 0 aromatic rings. The summed E-state index contributed by atoms with van der Waals surface area (Å²) in [6.45, 7) is -0.457. The van der Waals surface area contributed by atoms with Crippen LogP contribution < -0.4 is 11.3 Å². The Morgan fingerprint density at radius 3 is 2.44 bits per heavy atom. The summed E-state index contributed by atoms with van der Waals surface area (Å²) in [5, 5.41) is 0. The molecule has 0 saturated heterocycles. The number of ether oxygens (including phenoxy) is 1. The summed E-state index contributed by atoms with van der Waals surface area (Å²) in [7, 11) is 0. The molecule has 0 spiro atoms. The van der Waals surface area contributed by atoms with E-state index in [9.17, 15) is 13.3 Å². The SMILES string of the molecule is NCCOC(F)(F)NF. The smallest absolute Gasteiger partial charge is 0.328 e. The van der Waals surface area contributed by atoms with Crippen molar-refractivity contribution in [3.05, 3.63) is 0 Å². The third kappa shape index (κ3) is 4.19. The van der Waals surface area contributed by atoms with Gasteiger partial charge in [-0.25, -0.2) is 0 Å². The van der Waals surface area contributed by atoms with Crippen LogP contribution in [0.5, 0.6) is 0 Å². The minimum Gasteiger partial charge on any atom is -0.328 e. The Labute approximate surface area is 49.9 Å². The highest BCUT2D eigenvalue weighted by Gasteiger charge is 2.29. The number of nitrogens with two attached hydrogens (primary N) is 1. The molecular weight excluding hydrogens is 137 g/mol. The largest absolute Gasteiger partial charge is 0.448 e. The third-order valence-electron chi connectivity index (χ3n) is 0.511. The van der Waals surface area contributed by atoms with E-state index in [2.05, 4.69) is 4.74 Å². The highest BCUT2D eigenvalue weighted by Crippen LogP contribution is 2.09. The van der Waals surface area contributed by atoms with Gasteiger partial charge < -0.3 is 10.5 Å². The zero-order chi connectivity index (χ0) is 7.33. The van der Waals surface area contributed by atoms with Gasteiger partial charge in [-0.15, -0.1) is 4.48 Å². The van der Waals surface area contributed by atoms with Crippen molar-refractivity contribution in [1.82, 2.24) is 5.54 Å². The molecule has 0 aliphatic rings. The molecule has 0 aromatic carbocycles. The van der Waals surface area contributed by atoms with E-state index in [1.165, 1.54) is 0 Å². The second-order valence-electron chi connectivity index (χ2n) is 1.25. The number of rotatable bonds is 4. The Morgan fingerprint density at radius 1 is 1.56 bits per heavy atom. The van der Waals surface area contributed by atoms with E-state index in [4.69, 9.17) is 5.73 Å². The lowest BCUT2D eigenvalue weighted by Gasteiger charge is -2.10. The quantitative estimate of drug-likeness (QED) is 0.331. The van der Waals surface area contributed by atoms with Crippen LogP contribution in [0.2, 0.25) is 0 Å². The Hall–Kier alpha value is -0.330. The Morgan fingerprint density at radius 2 is 2.11 bits per heavy atom. The number of halogens is 3. The van der Waals surface area contributed by atoms with Crippen molar-refractivity contribution in [3.63, 3.8) is 0 Å². The Bertz CT molecular complexity index is 79.5. The van der Waals surface area contributed by atoms with Crippen LogP contribution in [0.1, 0.15) is 0 Å². The molecule has 6 heteroatoms. The topological polar surface area (TPSA) is 47.3 Å². The standard InChI is InChI=1S/C3H7F3N2O/c4-3(5,8-6)9-2-1-7/h8H,1-2,7H2. The van der Waals surface area contributed by atoms with Crippen molar-refractivity contribution in [2.45, 2.75) is 6.23 Å². The van der Waals surface area contributed by atoms with Gasteiger partial charge in [-0.05, 0) is 0 Å². The van der Waals surface area contributed by atoms with Gasteiger partial charge in [-0.3, -0.25) is 0 Å². The van der Waals surface area contributed by atoms with Crippen molar-refractivity contribution in [1.29, 1.82) is 0 Å². The molecule has 0 aliphatic heterocycles. The van der Waals surface area contributed by atoms with E-state index in [0.717, 1.165) is 0 Å². The first kappa shape index (κ1) is 8.67. The first-order valence-electron chi connectivity index (χ1n) is 2.22. The van der Waals surface area contributed by atoms with Crippen LogP contribution in [0, 0.1) is 0 Å². The first-order chi connectivity index (χ1) is 4.12. The van der Waals surface area contributed by atoms with Crippen molar-refractivity contribution >= 4 is 0 Å². The maximum absolute atomic E-state index is 11.6. The molecule has 0 aliphatic carbocycles. The summed E-state index contributed by atoms with van der Waals surface area (Å²) in [5.74, 6) is 0. The van der Waals surface area contributed by atoms with Crippen LogP contribution in [0.25, 0.3) is 0 Å². The van der Waals surface area contributed by atoms with E-state index in [-0.39, 0.29) is 18.7 Å². The summed E-state index contributed by atoms with van der Waals surface area (Å²) in [4.78, 5) is 0. The van der Waals surface area contributed by atoms with Gasteiger partial charge in [0.15, 0.2) is 0 Å². The second kappa shape index (κ2) is 3.65. The molecule has 0 aromatic heterocycles. The number of hydrogen-bond acceptors (Lipinski definition) is 3. The van der Waals surface area contributed by atoms with Gasteiger partial charge >= 0.3 is 6.23 Å². The van der Waals surface area contributed by atoms with Crippen molar-refractivity contribution < 1.29 is 18.0 Å². The van der Waals surface area contributed by atoms with Gasteiger partial charge in [0.1, 0.15) is 0 Å². The molecule has 3 nitrogen and oxygen atoms in total. The maximum atomic E-state index is 11.6. The molecule has 0 unspecified atom stereocenters. The molecule has 0 atom stereocenters. The highest BCUT2D eigenvalue weighted by molar-refractivity contribution is 4.38. The molecular formula is C3H7F3N2O. The van der Waals surface area contributed by atoms with Crippen LogP contribution >= 0.6 is 0 Å². The lowest BCUT2D eigenvalue weighted by molar-refractivity contribution is -0.284. The molecule has 0 amide bonds. The molecule has 0 radical (unpaired) electrons. The monoisotopic (exact) mass is 144 g/mol. The molecule has 0 saturated carbocycles. The van der Waals surface area contributed by atoms with E-state index in [1.807, 2.05) is 0 Å². The fourth-order valence-electron chi connectivity index (χ4n) is 0.214. The molecule has 0 rings (SSSR count). The zero-order valence-corrected chi connectivity index (χ0v) is 4.53. The molecule has 0 fully saturated rings. The van der Waals surface area contributed by atoms with Crippen LogP contribution in [-0.4, -0.2) is 19.4 Å². The first-order valence-corrected chi connectivity index (χ1v) is 2.22. The molecule has 0 bridgehead atoms. The van der Waals surface area contributed by atoms with Crippen molar-refractivity contribution in [2.75, 3.05) is 13.2 Å². The number of alkyl halides is 2. The van der Waals surface area contributed by atoms with Crippen molar-refractivity contribution in [2.24, 2.45) is 5.73 Å². The van der Waals surface area contributed by atoms with Gasteiger partial charge in [0.25, 0.3) is 0 Å². The molecule has 56 valence electrons. The Balaban J connectivity index is 3.33.